The molecule has 96 valence electrons. The van der Waals surface area contributed by atoms with E-state index in [4.69, 9.17) is 0 Å². The first kappa shape index (κ1) is 12.8. The van der Waals surface area contributed by atoms with Crippen LogP contribution in [0.15, 0.2) is 18.2 Å². The third-order valence-corrected chi connectivity index (χ3v) is 3.60. The van der Waals surface area contributed by atoms with Gasteiger partial charge in [-0.15, -0.1) is 5.10 Å². The number of nitrogens with zero attached hydrogens (tertiary/aromatic N) is 3. The molecule has 2 aromatic rings. The third kappa shape index (κ3) is 2.79. The van der Waals surface area contributed by atoms with Crippen LogP contribution in [0.2, 0.25) is 0 Å². The van der Waals surface area contributed by atoms with Crippen molar-refractivity contribution in [1.82, 2.24) is 9.59 Å². The van der Waals surface area contributed by atoms with Crippen LogP contribution in [0.25, 0.3) is 0 Å². The zero-order valence-electron chi connectivity index (χ0n) is 11.2. The lowest BCUT2D eigenvalue weighted by atomic mass is 10.1. The molecule has 1 heterocycles. The summed E-state index contributed by atoms with van der Waals surface area (Å²) < 4.78 is 3.98. The fourth-order valence-corrected chi connectivity index (χ4v) is 2.51. The normalized spacial score (nSPS) is 10.4. The first-order valence-electron chi connectivity index (χ1n) is 5.88. The monoisotopic (exact) mass is 262 g/mol. The first-order valence-corrected chi connectivity index (χ1v) is 6.66. The van der Waals surface area contributed by atoms with E-state index in [9.17, 15) is 0 Å². The average molecular weight is 262 g/mol. The molecular weight excluding hydrogens is 244 g/mol. The van der Waals surface area contributed by atoms with Crippen molar-refractivity contribution in [1.29, 1.82) is 0 Å². The van der Waals surface area contributed by atoms with Gasteiger partial charge in [-0.25, -0.2) is 0 Å². The van der Waals surface area contributed by atoms with Gasteiger partial charge in [0.1, 0.15) is 10.7 Å². The molecular formula is C13H18N4S. The molecule has 0 radical (unpaired) electrons. The van der Waals surface area contributed by atoms with Crippen LogP contribution >= 0.6 is 11.5 Å². The molecule has 0 aliphatic heterocycles. The molecule has 5 heteroatoms. The highest BCUT2D eigenvalue weighted by Gasteiger charge is 2.10. The Labute approximate surface area is 112 Å². The minimum Gasteiger partial charge on any atom is -0.377 e. The highest BCUT2D eigenvalue weighted by molar-refractivity contribution is 7.10. The number of anilines is 2. The van der Waals surface area contributed by atoms with E-state index in [1.807, 2.05) is 7.05 Å². The second-order valence-electron chi connectivity index (χ2n) is 4.50. The number of nitrogens with one attached hydrogen (secondary N) is 1. The molecule has 18 heavy (non-hydrogen) atoms. The van der Waals surface area contributed by atoms with Gasteiger partial charge < -0.3 is 10.2 Å². The summed E-state index contributed by atoms with van der Waals surface area (Å²) >= 11 is 1.39. The van der Waals surface area contributed by atoms with Gasteiger partial charge in [-0.2, -0.15) is 0 Å². The molecule has 0 bridgehead atoms. The van der Waals surface area contributed by atoms with Crippen molar-refractivity contribution in [2.24, 2.45) is 0 Å². The summed E-state index contributed by atoms with van der Waals surface area (Å²) in [6.07, 6.45) is 0. The Kier molecular flexibility index (Phi) is 3.81. The molecule has 0 aliphatic rings. The Bertz CT molecular complexity index is 515. The molecule has 0 aliphatic carbocycles. The molecule has 0 saturated heterocycles. The summed E-state index contributed by atoms with van der Waals surface area (Å²) in [4.78, 5) is 2.19. The Balaban J connectivity index is 2.19. The van der Waals surface area contributed by atoms with Crippen molar-refractivity contribution in [2.45, 2.75) is 20.4 Å². The van der Waals surface area contributed by atoms with Crippen LogP contribution in [0.1, 0.15) is 16.8 Å². The van der Waals surface area contributed by atoms with Gasteiger partial charge in [-0.05, 0) is 37.1 Å². The van der Waals surface area contributed by atoms with Crippen LogP contribution in [0, 0.1) is 13.8 Å². The van der Waals surface area contributed by atoms with Crippen molar-refractivity contribution in [2.75, 3.05) is 24.3 Å². The molecule has 1 N–H and O–H groups in total. The molecule has 0 unspecified atom stereocenters. The van der Waals surface area contributed by atoms with Crippen LogP contribution in [-0.2, 0) is 6.54 Å². The second kappa shape index (κ2) is 5.35. The van der Waals surface area contributed by atoms with Crippen LogP contribution in [0.4, 0.5) is 10.7 Å². The maximum atomic E-state index is 4.16. The topological polar surface area (TPSA) is 41.1 Å². The van der Waals surface area contributed by atoms with E-state index in [1.165, 1.54) is 28.3 Å². The van der Waals surface area contributed by atoms with Crippen LogP contribution in [0.3, 0.4) is 0 Å². The Morgan fingerprint density at radius 3 is 2.50 bits per heavy atom. The number of rotatable bonds is 4. The lowest BCUT2D eigenvalue weighted by molar-refractivity contribution is 0.872. The zero-order chi connectivity index (χ0) is 13.1. The van der Waals surface area contributed by atoms with Gasteiger partial charge >= 0.3 is 0 Å². The molecule has 0 fully saturated rings. The van der Waals surface area contributed by atoms with Gasteiger partial charge in [-0.1, -0.05) is 10.6 Å². The highest BCUT2D eigenvalue weighted by Crippen LogP contribution is 2.23. The van der Waals surface area contributed by atoms with Crippen molar-refractivity contribution in [3.8, 4) is 0 Å². The Morgan fingerprint density at radius 2 is 1.89 bits per heavy atom. The SMILES string of the molecule is CNc1snnc1CN(C)c1cc(C)cc(C)c1. The zero-order valence-corrected chi connectivity index (χ0v) is 12.0. The van der Waals surface area contributed by atoms with E-state index in [0.717, 1.165) is 17.2 Å². The number of benzene rings is 1. The van der Waals surface area contributed by atoms with Gasteiger partial charge in [0.15, 0.2) is 0 Å². The molecule has 4 nitrogen and oxygen atoms in total. The molecule has 0 atom stereocenters. The minimum absolute atomic E-state index is 0.759. The van der Waals surface area contributed by atoms with Gasteiger partial charge in [0.2, 0.25) is 0 Å². The van der Waals surface area contributed by atoms with E-state index in [0.29, 0.717) is 0 Å². The van der Waals surface area contributed by atoms with E-state index in [1.54, 1.807) is 0 Å². The summed E-state index contributed by atoms with van der Waals surface area (Å²) in [5.74, 6) is 0. The summed E-state index contributed by atoms with van der Waals surface area (Å²) in [5.41, 5.74) is 4.76. The van der Waals surface area contributed by atoms with Gasteiger partial charge in [-0.3, -0.25) is 0 Å². The first-order chi connectivity index (χ1) is 8.60. The second-order valence-corrected chi connectivity index (χ2v) is 5.25. The quantitative estimate of drug-likeness (QED) is 0.920. The highest BCUT2D eigenvalue weighted by atomic mass is 32.1. The van der Waals surface area contributed by atoms with Crippen molar-refractivity contribution in [3.63, 3.8) is 0 Å². The maximum Gasteiger partial charge on any atom is 0.134 e. The number of aryl methyl sites for hydroxylation is 2. The fraction of sp³-hybridized carbons (Fsp3) is 0.385. The van der Waals surface area contributed by atoms with Crippen LogP contribution < -0.4 is 10.2 Å². The summed E-state index contributed by atoms with van der Waals surface area (Å²) in [7, 11) is 3.97. The van der Waals surface area contributed by atoms with Crippen molar-refractivity contribution < 1.29 is 0 Å². The summed E-state index contributed by atoms with van der Waals surface area (Å²) in [6.45, 7) is 5.00. The molecule has 0 saturated carbocycles. The van der Waals surface area contributed by atoms with Crippen LogP contribution in [0.5, 0.6) is 0 Å². The molecule has 0 spiro atoms. The predicted octanol–water partition coefficient (Wildman–Crippen LogP) is 2.83. The molecule has 2 rings (SSSR count). The summed E-state index contributed by atoms with van der Waals surface area (Å²) in [6, 6.07) is 6.55. The number of aromatic nitrogens is 2. The van der Waals surface area contributed by atoms with E-state index < -0.39 is 0 Å². The van der Waals surface area contributed by atoms with Crippen LogP contribution in [-0.4, -0.2) is 23.7 Å². The van der Waals surface area contributed by atoms with E-state index in [2.05, 4.69) is 58.9 Å². The average Bonchev–Trinajstić information content (AvgIpc) is 2.75. The standard InChI is InChI=1S/C13H18N4S/c1-9-5-10(2)7-11(6-9)17(4)8-12-13(14-3)18-16-15-12/h5-7,14H,8H2,1-4H3. The Hall–Kier alpha value is -1.62. The van der Waals surface area contributed by atoms with Crippen molar-refractivity contribution in [3.05, 3.63) is 35.0 Å². The minimum atomic E-state index is 0.759. The largest absolute Gasteiger partial charge is 0.377 e. The third-order valence-electron chi connectivity index (χ3n) is 2.82. The van der Waals surface area contributed by atoms with Gasteiger partial charge in [0.25, 0.3) is 0 Å². The van der Waals surface area contributed by atoms with Crippen molar-refractivity contribution >= 4 is 22.2 Å². The van der Waals surface area contributed by atoms with Gasteiger partial charge in [0, 0.05) is 31.3 Å². The van der Waals surface area contributed by atoms with E-state index in [-0.39, 0.29) is 0 Å². The predicted molar refractivity (Wildman–Crippen MR) is 77.5 cm³/mol. The molecule has 1 aromatic carbocycles. The Morgan fingerprint density at radius 1 is 1.22 bits per heavy atom. The maximum absolute atomic E-state index is 4.16. The molecule has 1 aromatic heterocycles. The summed E-state index contributed by atoms with van der Waals surface area (Å²) in [5, 5.41) is 8.32. The number of hydrogen-bond donors (Lipinski definition) is 1. The van der Waals surface area contributed by atoms with E-state index >= 15 is 0 Å². The molecule has 0 amide bonds. The van der Waals surface area contributed by atoms with Gasteiger partial charge in [0.05, 0.1) is 6.54 Å². The lowest BCUT2D eigenvalue weighted by Gasteiger charge is -2.19. The lowest BCUT2D eigenvalue weighted by Crippen LogP contribution is -2.17. The smallest absolute Gasteiger partial charge is 0.134 e. The number of hydrogen-bond acceptors (Lipinski definition) is 5. The fourth-order valence-electron chi connectivity index (χ4n) is 1.99.